The Bertz CT molecular complexity index is 1630. The lowest BCUT2D eigenvalue weighted by molar-refractivity contribution is -0.384. The van der Waals surface area contributed by atoms with Gasteiger partial charge in [0, 0.05) is 40.0 Å². The molecule has 190 valence electrons. The number of non-ortho nitro benzene ring substituents is 1. The lowest BCUT2D eigenvalue weighted by Crippen LogP contribution is -2.54. The van der Waals surface area contributed by atoms with Gasteiger partial charge in [0.05, 0.1) is 17.2 Å². The van der Waals surface area contributed by atoms with E-state index in [1.165, 1.54) is 12.1 Å². The van der Waals surface area contributed by atoms with Crippen molar-refractivity contribution in [2.24, 2.45) is 0 Å². The van der Waals surface area contributed by atoms with Crippen molar-refractivity contribution in [2.45, 2.75) is 11.4 Å². The van der Waals surface area contributed by atoms with E-state index < -0.39 is 78.1 Å². The fourth-order valence-electron chi connectivity index (χ4n) is 4.66. The first-order chi connectivity index (χ1) is 17.4. The topological polar surface area (TPSA) is 118 Å². The largest absolute Gasteiger partial charge is 0.304 e. The molecule has 1 saturated heterocycles. The Kier molecular flexibility index (Phi) is 5.53. The highest BCUT2D eigenvalue weighted by atomic mass is 35.5. The van der Waals surface area contributed by atoms with Crippen molar-refractivity contribution in [3.05, 3.63) is 98.3 Å². The van der Waals surface area contributed by atoms with Crippen molar-refractivity contribution in [2.75, 3.05) is 15.6 Å². The van der Waals surface area contributed by atoms with E-state index in [4.69, 9.17) is 11.6 Å². The van der Waals surface area contributed by atoms with Crippen molar-refractivity contribution >= 4 is 50.3 Å². The highest BCUT2D eigenvalue weighted by Crippen LogP contribution is 2.54. The molecule has 37 heavy (non-hydrogen) atoms. The maximum atomic E-state index is 14.6. The predicted molar refractivity (Wildman–Crippen MR) is 125 cm³/mol. The smallest absolute Gasteiger partial charge is 0.274 e. The summed E-state index contributed by atoms with van der Waals surface area (Å²) in [5, 5.41) is 11.4. The summed E-state index contributed by atoms with van der Waals surface area (Å²) in [5.74, 6) is -7.15. The summed E-state index contributed by atoms with van der Waals surface area (Å²) in [7, 11) is -4.79. The van der Waals surface area contributed by atoms with Gasteiger partial charge < -0.3 is 4.90 Å². The minimum absolute atomic E-state index is 0.0833. The number of amides is 2. The van der Waals surface area contributed by atoms with E-state index >= 15 is 0 Å². The minimum Gasteiger partial charge on any atom is -0.304 e. The summed E-state index contributed by atoms with van der Waals surface area (Å²) in [5.41, 5.74) is -1.88. The SMILES string of the molecule is O=C1CS(=O)(=O)C2(C(=O)N(Cc3c(F)cccc3Cl)c3ccc([N+](=O)[O-])cc32)N1c1ccc(F)c(F)c1. The van der Waals surface area contributed by atoms with Gasteiger partial charge in [0.25, 0.3) is 16.5 Å². The predicted octanol–water partition coefficient (Wildman–Crippen LogP) is 3.83. The number of nitro benzene ring substituents is 1. The zero-order valence-electron chi connectivity index (χ0n) is 18.3. The number of carbonyl (C=O) groups excluding carboxylic acids is 2. The van der Waals surface area contributed by atoms with Crippen LogP contribution < -0.4 is 9.80 Å². The molecule has 0 aromatic heterocycles. The quantitative estimate of drug-likeness (QED) is 0.359. The lowest BCUT2D eigenvalue weighted by Gasteiger charge is -2.32. The Morgan fingerprint density at radius 1 is 1.00 bits per heavy atom. The number of rotatable bonds is 4. The molecule has 0 aliphatic carbocycles. The highest BCUT2D eigenvalue weighted by Gasteiger charge is 2.70. The molecule has 1 fully saturated rings. The second kappa shape index (κ2) is 8.28. The van der Waals surface area contributed by atoms with E-state index in [1.54, 1.807) is 0 Å². The first kappa shape index (κ1) is 24.7. The van der Waals surface area contributed by atoms with Crippen LogP contribution in [-0.2, 0) is 30.8 Å². The molecule has 5 rings (SSSR count). The third kappa shape index (κ3) is 3.41. The summed E-state index contributed by atoms with van der Waals surface area (Å²) in [4.78, 5) is 36.2. The zero-order valence-corrected chi connectivity index (χ0v) is 19.9. The molecule has 2 heterocycles. The van der Waals surface area contributed by atoms with Crippen molar-refractivity contribution in [3.8, 4) is 0 Å². The van der Waals surface area contributed by atoms with Crippen LogP contribution in [0.1, 0.15) is 11.1 Å². The number of benzene rings is 3. The third-order valence-electron chi connectivity index (χ3n) is 6.25. The summed E-state index contributed by atoms with van der Waals surface area (Å²) < 4.78 is 69.5. The highest BCUT2D eigenvalue weighted by molar-refractivity contribution is 7.94. The molecular weight excluding hydrogens is 539 g/mol. The molecular formula is C23H13ClF3N3O6S. The lowest BCUT2D eigenvalue weighted by atomic mass is 10.0. The molecule has 0 saturated carbocycles. The van der Waals surface area contributed by atoms with Crippen molar-refractivity contribution in [1.82, 2.24) is 0 Å². The van der Waals surface area contributed by atoms with Crippen LogP contribution in [0.2, 0.25) is 5.02 Å². The van der Waals surface area contributed by atoms with E-state index in [-0.39, 0.29) is 16.3 Å². The van der Waals surface area contributed by atoms with E-state index in [1.807, 2.05) is 0 Å². The van der Waals surface area contributed by atoms with Gasteiger partial charge in [0.15, 0.2) is 21.5 Å². The Labute approximate surface area is 211 Å². The molecule has 2 amide bonds. The number of nitro groups is 1. The van der Waals surface area contributed by atoms with Gasteiger partial charge in [-0.3, -0.25) is 24.6 Å². The second-order valence-electron chi connectivity index (χ2n) is 8.28. The number of halogens is 4. The van der Waals surface area contributed by atoms with Crippen molar-refractivity contribution in [1.29, 1.82) is 0 Å². The van der Waals surface area contributed by atoms with Gasteiger partial charge in [-0.15, -0.1) is 0 Å². The average Bonchev–Trinajstić information content (AvgIpc) is 3.20. The summed E-state index contributed by atoms with van der Waals surface area (Å²) in [6.45, 7) is -0.591. The molecule has 0 N–H and O–H groups in total. The van der Waals surface area contributed by atoms with E-state index in [0.717, 1.165) is 35.2 Å². The molecule has 0 radical (unpaired) electrons. The van der Waals surface area contributed by atoms with E-state index in [0.29, 0.717) is 17.0 Å². The summed E-state index contributed by atoms with van der Waals surface area (Å²) >= 11 is 6.11. The van der Waals surface area contributed by atoms with Crippen LogP contribution in [0.25, 0.3) is 0 Å². The fraction of sp³-hybridized carbons (Fsp3) is 0.130. The Hall–Kier alpha value is -3.97. The van der Waals surface area contributed by atoms with Crippen LogP contribution >= 0.6 is 11.6 Å². The van der Waals surface area contributed by atoms with E-state index in [9.17, 15) is 41.3 Å². The Morgan fingerprint density at radius 3 is 2.38 bits per heavy atom. The normalized spacial score (nSPS) is 20.1. The standard InChI is InChI=1S/C23H13ClF3N3O6S/c24-16-2-1-3-17(25)14(16)10-28-20-7-5-13(30(33)34)8-15(20)23(22(28)32)29(21(31)11-37(23,35)36)12-4-6-18(26)19(27)9-12/h1-9H,10-11H2. The van der Waals surface area contributed by atoms with E-state index in [2.05, 4.69) is 0 Å². The van der Waals surface area contributed by atoms with Gasteiger partial charge in [0.1, 0.15) is 11.6 Å². The molecule has 0 bridgehead atoms. The van der Waals surface area contributed by atoms with Gasteiger partial charge in [0.2, 0.25) is 5.91 Å². The fourth-order valence-corrected chi connectivity index (χ4v) is 6.91. The minimum atomic E-state index is -4.79. The molecule has 2 aliphatic heterocycles. The molecule has 3 aromatic rings. The third-order valence-corrected chi connectivity index (χ3v) is 8.71. The maximum Gasteiger partial charge on any atom is 0.274 e. The first-order valence-electron chi connectivity index (χ1n) is 10.4. The molecule has 14 heteroatoms. The Morgan fingerprint density at radius 2 is 1.73 bits per heavy atom. The number of hydrogen-bond donors (Lipinski definition) is 0. The number of nitrogens with zero attached hydrogens (tertiary/aromatic N) is 3. The molecule has 1 spiro atoms. The first-order valence-corrected chi connectivity index (χ1v) is 12.5. The second-order valence-corrected chi connectivity index (χ2v) is 10.8. The van der Waals surface area contributed by atoms with Gasteiger partial charge in [-0.1, -0.05) is 17.7 Å². The number of hydrogen-bond acceptors (Lipinski definition) is 6. The number of anilines is 2. The number of carbonyl (C=O) groups is 2. The molecule has 1 unspecified atom stereocenters. The molecule has 1 atom stereocenters. The maximum absolute atomic E-state index is 14.6. The van der Waals surface area contributed by atoms with Gasteiger partial charge >= 0.3 is 0 Å². The molecule has 3 aromatic carbocycles. The van der Waals surface area contributed by atoms with Crippen LogP contribution in [-0.4, -0.2) is 30.9 Å². The van der Waals surface area contributed by atoms with Crippen LogP contribution in [0, 0.1) is 27.6 Å². The van der Waals surface area contributed by atoms with Gasteiger partial charge in [-0.2, -0.15) is 0 Å². The summed E-state index contributed by atoms with van der Waals surface area (Å²) in [6, 6.07) is 8.73. The zero-order chi connectivity index (χ0) is 26.9. The molecule has 2 aliphatic rings. The molecule has 9 nitrogen and oxygen atoms in total. The van der Waals surface area contributed by atoms with Crippen LogP contribution in [0.4, 0.5) is 30.2 Å². The number of fused-ring (bicyclic) bond motifs is 2. The van der Waals surface area contributed by atoms with Crippen molar-refractivity contribution < 1.29 is 36.1 Å². The van der Waals surface area contributed by atoms with Crippen LogP contribution in [0.3, 0.4) is 0 Å². The van der Waals surface area contributed by atoms with Crippen LogP contribution in [0.5, 0.6) is 0 Å². The average molecular weight is 552 g/mol. The van der Waals surface area contributed by atoms with Crippen LogP contribution in [0.15, 0.2) is 54.6 Å². The monoisotopic (exact) mass is 551 g/mol. The summed E-state index contributed by atoms with van der Waals surface area (Å²) in [6.07, 6.45) is 0. The van der Waals surface area contributed by atoms with Gasteiger partial charge in [-0.05, 0) is 30.3 Å². The van der Waals surface area contributed by atoms with Crippen molar-refractivity contribution in [3.63, 3.8) is 0 Å². The Balaban J connectivity index is 1.81. The van der Waals surface area contributed by atoms with Gasteiger partial charge in [-0.25, -0.2) is 21.6 Å². The number of sulfone groups is 1.